The van der Waals surface area contributed by atoms with Crippen molar-refractivity contribution in [3.8, 4) is 11.3 Å². The summed E-state index contributed by atoms with van der Waals surface area (Å²) in [6, 6.07) is 7.95. The van der Waals surface area contributed by atoms with Gasteiger partial charge in [0.1, 0.15) is 0 Å². The summed E-state index contributed by atoms with van der Waals surface area (Å²) in [7, 11) is 0. The molecule has 1 aliphatic rings. The highest BCUT2D eigenvalue weighted by Crippen LogP contribution is 2.20. The van der Waals surface area contributed by atoms with Gasteiger partial charge in [-0.25, -0.2) is 4.79 Å². The Morgan fingerprint density at radius 3 is 2.65 bits per heavy atom. The van der Waals surface area contributed by atoms with Gasteiger partial charge in [-0.05, 0) is 36.6 Å². The molecule has 2 N–H and O–H groups in total. The zero-order valence-corrected chi connectivity index (χ0v) is 13.2. The summed E-state index contributed by atoms with van der Waals surface area (Å²) in [5.41, 5.74) is 2.88. The second-order valence-corrected chi connectivity index (χ2v) is 5.91. The normalized spacial score (nSPS) is 15.1. The first-order chi connectivity index (χ1) is 11.3. The number of carbonyl (C=O) groups excluding carboxylic acids is 1. The zero-order chi connectivity index (χ0) is 15.9. The van der Waals surface area contributed by atoms with Crippen molar-refractivity contribution in [2.24, 2.45) is 0 Å². The molecule has 0 atom stereocenters. The molecular formula is C18H22N4O. The standard InChI is InChI=1S/C18H22N4O/c23-18(22-16-6-2-1-3-7-16)21-13-15-5-4-10-20-17(15)14-8-11-19-12-9-14/h4-5,8-12,16H,1-3,6-7,13H2,(H2,21,22,23). The molecule has 2 aromatic heterocycles. The highest BCUT2D eigenvalue weighted by molar-refractivity contribution is 5.74. The molecular weight excluding hydrogens is 288 g/mol. The summed E-state index contributed by atoms with van der Waals surface area (Å²) < 4.78 is 0. The van der Waals surface area contributed by atoms with Crippen molar-refractivity contribution in [2.75, 3.05) is 0 Å². The van der Waals surface area contributed by atoms with E-state index in [1.54, 1.807) is 18.6 Å². The molecule has 0 bridgehead atoms. The number of pyridine rings is 2. The van der Waals surface area contributed by atoms with E-state index in [-0.39, 0.29) is 6.03 Å². The first kappa shape index (κ1) is 15.5. The van der Waals surface area contributed by atoms with Crippen molar-refractivity contribution >= 4 is 6.03 Å². The molecule has 2 amide bonds. The first-order valence-electron chi connectivity index (χ1n) is 8.21. The average Bonchev–Trinajstić information content (AvgIpc) is 2.62. The van der Waals surface area contributed by atoms with E-state index in [0.29, 0.717) is 12.6 Å². The quantitative estimate of drug-likeness (QED) is 0.910. The predicted octanol–water partition coefficient (Wildman–Crippen LogP) is 3.28. The molecule has 0 spiro atoms. The molecule has 1 saturated carbocycles. The van der Waals surface area contributed by atoms with Gasteiger partial charge in [-0.3, -0.25) is 9.97 Å². The van der Waals surface area contributed by atoms with Gasteiger partial charge in [0.15, 0.2) is 0 Å². The minimum Gasteiger partial charge on any atom is -0.335 e. The lowest BCUT2D eigenvalue weighted by Gasteiger charge is -2.23. The van der Waals surface area contributed by atoms with Gasteiger partial charge in [0.2, 0.25) is 0 Å². The minimum absolute atomic E-state index is 0.0959. The number of urea groups is 1. The van der Waals surface area contributed by atoms with E-state index in [4.69, 9.17) is 0 Å². The van der Waals surface area contributed by atoms with Crippen LogP contribution in [0, 0.1) is 0 Å². The number of carbonyl (C=O) groups is 1. The van der Waals surface area contributed by atoms with E-state index < -0.39 is 0 Å². The van der Waals surface area contributed by atoms with Crippen molar-refractivity contribution in [3.63, 3.8) is 0 Å². The molecule has 2 heterocycles. The maximum absolute atomic E-state index is 12.1. The number of rotatable bonds is 4. The smallest absolute Gasteiger partial charge is 0.315 e. The van der Waals surface area contributed by atoms with Crippen LogP contribution in [-0.2, 0) is 6.54 Å². The Kier molecular flexibility index (Phi) is 5.19. The third kappa shape index (κ3) is 4.28. The van der Waals surface area contributed by atoms with Crippen molar-refractivity contribution in [2.45, 2.75) is 44.7 Å². The molecule has 0 aromatic carbocycles. The minimum atomic E-state index is -0.0959. The highest BCUT2D eigenvalue weighted by atomic mass is 16.2. The molecule has 3 rings (SSSR count). The topological polar surface area (TPSA) is 66.9 Å². The fourth-order valence-electron chi connectivity index (χ4n) is 3.01. The van der Waals surface area contributed by atoms with Gasteiger partial charge in [-0.1, -0.05) is 25.3 Å². The molecule has 120 valence electrons. The number of nitrogens with zero attached hydrogens (tertiary/aromatic N) is 2. The second-order valence-electron chi connectivity index (χ2n) is 5.91. The summed E-state index contributed by atoms with van der Waals surface area (Å²) in [5, 5.41) is 6.02. The summed E-state index contributed by atoms with van der Waals surface area (Å²) in [6.07, 6.45) is 11.1. The molecule has 0 unspecified atom stereocenters. The molecule has 0 saturated heterocycles. The van der Waals surface area contributed by atoms with Crippen LogP contribution in [0.15, 0.2) is 42.9 Å². The van der Waals surface area contributed by atoms with Crippen LogP contribution in [0.5, 0.6) is 0 Å². The van der Waals surface area contributed by atoms with Gasteiger partial charge in [0.05, 0.1) is 5.69 Å². The van der Waals surface area contributed by atoms with Crippen LogP contribution in [0.2, 0.25) is 0 Å². The molecule has 23 heavy (non-hydrogen) atoms. The average molecular weight is 310 g/mol. The van der Waals surface area contributed by atoms with E-state index in [1.165, 1.54) is 19.3 Å². The summed E-state index contributed by atoms with van der Waals surface area (Å²) in [6.45, 7) is 0.462. The highest BCUT2D eigenvalue weighted by Gasteiger charge is 2.15. The van der Waals surface area contributed by atoms with Crippen molar-refractivity contribution in [3.05, 3.63) is 48.4 Å². The van der Waals surface area contributed by atoms with E-state index in [9.17, 15) is 4.79 Å². The lowest BCUT2D eigenvalue weighted by Crippen LogP contribution is -2.42. The molecule has 5 heteroatoms. The Balaban J connectivity index is 1.61. The zero-order valence-electron chi connectivity index (χ0n) is 13.2. The number of amides is 2. The van der Waals surface area contributed by atoms with Crippen LogP contribution in [0.1, 0.15) is 37.7 Å². The van der Waals surface area contributed by atoms with E-state index in [2.05, 4.69) is 20.6 Å². The van der Waals surface area contributed by atoms with Crippen molar-refractivity contribution in [1.29, 1.82) is 0 Å². The fourth-order valence-corrected chi connectivity index (χ4v) is 3.01. The maximum Gasteiger partial charge on any atom is 0.315 e. The number of nitrogens with one attached hydrogen (secondary N) is 2. The van der Waals surface area contributed by atoms with Crippen molar-refractivity contribution in [1.82, 2.24) is 20.6 Å². The molecule has 5 nitrogen and oxygen atoms in total. The van der Waals surface area contributed by atoms with E-state index >= 15 is 0 Å². The van der Waals surface area contributed by atoms with Crippen LogP contribution in [0.25, 0.3) is 11.3 Å². The second kappa shape index (κ2) is 7.72. The first-order valence-corrected chi connectivity index (χ1v) is 8.21. The Labute approximate surface area is 136 Å². The Morgan fingerprint density at radius 2 is 1.87 bits per heavy atom. The number of hydrogen-bond donors (Lipinski definition) is 2. The summed E-state index contributed by atoms with van der Waals surface area (Å²) in [5.74, 6) is 0. The Morgan fingerprint density at radius 1 is 1.09 bits per heavy atom. The molecule has 1 aliphatic carbocycles. The van der Waals surface area contributed by atoms with Crippen LogP contribution in [-0.4, -0.2) is 22.0 Å². The number of hydrogen-bond acceptors (Lipinski definition) is 3. The van der Waals surface area contributed by atoms with Crippen LogP contribution in [0.3, 0.4) is 0 Å². The SMILES string of the molecule is O=C(NCc1cccnc1-c1ccncc1)NC1CCCCC1. The molecule has 0 aliphatic heterocycles. The van der Waals surface area contributed by atoms with Gasteiger partial charge in [0, 0.05) is 36.7 Å². The largest absolute Gasteiger partial charge is 0.335 e. The van der Waals surface area contributed by atoms with Gasteiger partial charge < -0.3 is 10.6 Å². The van der Waals surface area contributed by atoms with E-state index in [0.717, 1.165) is 29.7 Å². The third-order valence-corrected chi connectivity index (χ3v) is 4.22. The van der Waals surface area contributed by atoms with Crippen LogP contribution in [0.4, 0.5) is 4.79 Å². The van der Waals surface area contributed by atoms with Crippen LogP contribution < -0.4 is 10.6 Å². The van der Waals surface area contributed by atoms with Gasteiger partial charge in [0.25, 0.3) is 0 Å². The van der Waals surface area contributed by atoms with Gasteiger partial charge in [-0.15, -0.1) is 0 Å². The maximum atomic E-state index is 12.1. The summed E-state index contributed by atoms with van der Waals surface area (Å²) in [4.78, 5) is 20.6. The third-order valence-electron chi connectivity index (χ3n) is 4.22. The van der Waals surface area contributed by atoms with Crippen LogP contribution >= 0.6 is 0 Å². The van der Waals surface area contributed by atoms with Gasteiger partial charge >= 0.3 is 6.03 Å². The lowest BCUT2D eigenvalue weighted by molar-refractivity contribution is 0.232. The Bertz CT molecular complexity index is 638. The fraction of sp³-hybridized carbons (Fsp3) is 0.389. The Hall–Kier alpha value is -2.43. The lowest BCUT2D eigenvalue weighted by atomic mass is 9.96. The van der Waals surface area contributed by atoms with Gasteiger partial charge in [-0.2, -0.15) is 0 Å². The van der Waals surface area contributed by atoms with Crippen molar-refractivity contribution < 1.29 is 4.79 Å². The molecule has 2 aromatic rings. The predicted molar refractivity (Wildman–Crippen MR) is 89.7 cm³/mol. The number of aromatic nitrogens is 2. The molecule has 0 radical (unpaired) electrons. The molecule has 1 fully saturated rings. The monoisotopic (exact) mass is 310 g/mol. The summed E-state index contributed by atoms with van der Waals surface area (Å²) >= 11 is 0. The van der Waals surface area contributed by atoms with E-state index in [1.807, 2.05) is 24.3 Å².